The third-order valence-electron chi connectivity index (χ3n) is 2.61. The topological polar surface area (TPSA) is 47.3 Å². The lowest BCUT2D eigenvalue weighted by Gasteiger charge is -2.00. The van der Waals surface area contributed by atoms with Gasteiger partial charge in [0.05, 0.1) is 11.7 Å². The Morgan fingerprint density at radius 1 is 1.24 bits per heavy atom. The van der Waals surface area contributed by atoms with Crippen LogP contribution in [0, 0.1) is 0 Å². The molecule has 0 unspecified atom stereocenters. The van der Waals surface area contributed by atoms with Crippen LogP contribution in [0.1, 0.15) is 10.4 Å². The predicted molar refractivity (Wildman–Crippen MR) is 63.8 cm³/mol. The number of carbonyl (C=O) groups is 1. The maximum absolute atomic E-state index is 10.7. The first-order valence-electron chi connectivity index (χ1n) is 5.21. The number of fused-ring (bicyclic) bond motifs is 1. The fourth-order valence-electron chi connectivity index (χ4n) is 1.80. The Labute approximate surface area is 97.6 Å². The van der Waals surface area contributed by atoms with Gasteiger partial charge in [0.1, 0.15) is 12.1 Å². The molecule has 0 saturated heterocycles. The Morgan fingerprint density at radius 2 is 2.18 bits per heavy atom. The van der Waals surface area contributed by atoms with Gasteiger partial charge in [0.25, 0.3) is 0 Å². The maximum atomic E-state index is 10.7. The number of nitrogens with zero attached hydrogens (tertiary/aromatic N) is 3. The van der Waals surface area contributed by atoms with Crippen molar-refractivity contribution in [3.63, 3.8) is 0 Å². The Balaban J connectivity index is 2.22. The van der Waals surface area contributed by atoms with E-state index in [1.807, 2.05) is 22.7 Å². The Morgan fingerprint density at radius 3 is 2.94 bits per heavy atom. The standard InChI is InChI=1S/C13H9N3O/c17-9-10-3-5-16-12(6-10)8-15-13(16)11-2-1-4-14-7-11/h1-9H. The van der Waals surface area contributed by atoms with E-state index in [-0.39, 0.29) is 0 Å². The third kappa shape index (κ3) is 1.59. The van der Waals surface area contributed by atoms with Gasteiger partial charge in [0.2, 0.25) is 0 Å². The van der Waals surface area contributed by atoms with E-state index < -0.39 is 0 Å². The summed E-state index contributed by atoms with van der Waals surface area (Å²) in [5, 5.41) is 0. The van der Waals surface area contributed by atoms with Crippen LogP contribution < -0.4 is 0 Å². The number of hydrogen-bond donors (Lipinski definition) is 0. The number of rotatable bonds is 2. The van der Waals surface area contributed by atoms with E-state index in [4.69, 9.17) is 0 Å². The molecule has 0 aliphatic rings. The summed E-state index contributed by atoms with van der Waals surface area (Å²) in [4.78, 5) is 19.1. The van der Waals surface area contributed by atoms with E-state index in [2.05, 4.69) is 9.97 Å². The summed E-state index contributed by atoms with van der Waals surface area (Å²) >= 11 is 0. The van der Waals surface area contributed by atoms with Crippen molar-refractivity contribution in [2.75, 3.05) is 0 Å². The molecule has 0 aromatic carbocycles. The fourth-order valence-corrected chi connectivity index (χ4v) is 1.80. The van der Waals surface area contributed by atoms with Gasteiger partial charge < -0.3 is 0 Å². The molecule has 0 bridgehead atoms. The van der Waals surface area contributed by atoms with Crippen molar-refractivity contribution < 1.29 is 4.79 Å². The monoisotopic (exact) mass is 223 g/mol. The summed E-state index contributed by atoms with van der Waals surface area (Å²) in [7, 11) is 0. The van der Waals surface area contributed by atoms with Gasteiger partial charge in [0, 0.05) is 29.7 Å². The summed E-state index contributed by atoms with van der Waals surface area (Å²) in [6.07, 6.45) is 7.91. The van der Waals surface area contributed by atoms with E-state index in [0.717, 1.165) is 23.2 Å². The minimum absolute atomic E-state index is 0.648. The van der Waals surface area contributed by atoms with E-state index in [0.29, 0.717) is 5.56 Å². The van der Waals surface area contributed by atoms with Gasteiger partial charge in [-0.1, -0.05) is 0 Å². The Hall–Kier alpha value is -2.49. The van der Waals surface area contributed by atoms with Gasteiger partial charge in [-0.05, 0) is 24.3 Å². The number of imidazole rings is 1. The van der Waals surface area contributed by atoms with E-state index in [1.165, 1.54) is 0 Å². The first kappa shape index (κ1) is 9.72. The van der Waals surface area contributed by atoms with Crippen LogP contribution in [0.15, 0.2) is 49.1 Å². The van der Waals surface area contributed by atoms with Crippen molar-refractivity contribution in [1.82, 2.24) is 14.4 Å². The molecule has 3 aromatic rings. The van der Waals surface area contributed by atoms with Crippen molar-refractivity contribution in [3.8, 4) is 11.4 Å². The second-order valence-corrected chi connectivity index (χ2v) is 3.70. The first-order valence-corrected chi connectivity index (χ1v) is 5.21. The highest BCUT2D eigenvalue weighted by atomic mass is 16.1. The Bertz CT molecular complexity index is 673. The van der Waals surface area contributed by atoms with Crippen molar-refractivity contribution in [3.05, 3.63) is 54.6 Å². The smallest absolute Gasteiger partial charge is 0.150 e. The number of aromatic nitrogens is 3. The Kier molecular flexibility index (Phi) is 2.19. The molecule has 0 atom stereocenters. The maximum Gasteiger partial charge on any atom is 0.150 e. The molecule has 4 nitrogen and oxygen atoms in total. The molecule has 17 heavy (non-hydrogen) atoms. The van der Waals surface area contributed by atoms with Crippen LogP contribution in [-0.4, -0.2) is 20.7 Å². The second kappa shape index (κ2) is 3.83. The van der Waals surface area contributed by atoms with Crippen LogP contribution in [0.5, 0.6) is 0 Å². The zero-order valence-corrected chi connectivity index (χ0v) is 8.95. The molecule has 0 radical (unpaired) electrons. The molecular weight excluding hydrogens is 214 g/mol. The lowest BCUT2D eigenvalue weighted by atomic mass is 10.2. The summed E-state index contributed by atoms with van der Waals surface area (Å²) in [5.41, 5.74) is 2.50. The van der Waals surface area contributed by atoms with Crippen molar-refractivity contribution >= 4 is 11.8 Å². The van der Waals surface area contributed by atoms with Gasteiger partial charge in [-0.3, -0.25) is 14.2 Å². The summed E-state index contributed by atoms with van der Waals surface area (Å²) < 4.78 is 1.93. The molecule has 0 fully saturated rings. The van der Waals surface area contributed by atoms with Gasteiger partial charge in [-0.25, -0.2) is 4.98 Å². The SMILES string of the molecule is O=Cc1ccn2c(-c3cccnc3)ncc2c1. The third-order valence-corrected chi connectivity index (χ3v) is 2.61. The molecule has 0 N–H and O–H groups in total. The lowest BCUT2D eigenvalue weighted by molar-refractivity contribution is 0.112. The van der Waals surface area contributed by atoms with Crippen molar-refractivity contribution in [2.45, 2.75) is 0 Å². The fraction of sp³-hybridized carbons (Fsp3) is 0. The van der Waals surface area contributed by atoms with E-state index >= 15 is 0 Å². The zero-order chi connectivity index (χ0) is 11.7. The molecule has 3 aromatic heterocycles. The van der Waals surface area contributed by atoms with Gasteiger partial charge in [0.15, 0.2) is 0 Å². The molecule has 0 aliphatic heterocycles. The predicted octanol–water partition coefficient (Wildman–Crippen LogP) is 2.21. The summed E-state index contributed by atoms with van der Waals surface area (Å²) in [6, 6.07) is 7.40. The first-order chi connectivity index (χ1) is 8.38. The quantitative estimate of drug-likeness (QED) is 0.626. The summed E-state index contributed by atoms with van der Waals surface area (Å²) in [6.45, 7) is 0. The van der Waals surface area contributed by atoms with Crippen LogP contribution >= 0.6 is 0 Å². The number of carbonyl (C=O) groups excluding carboxylic acids is 1. The average Bonchev–Trinajstić information content (AvgIpc) is 2.82. The van der Waals surface area contributed by atoms with Gasteiger partial charge >= 0.3 is 0 Å². The molecule has 0 saturated carbocycles. The lowest BCUT2D eigenvalue weighted by Crippen LogP contribution is -1.90. The number of hydrogen-bond acceptors (Lipinski definition) is 3. The summed E-state index contributed by atoms with van der Waals surface area (Å²) in [5.74, 6) is 0.825. The van der Waals surface area contributed by atoms with Crippen LogP contribution in [-0.2, 0) is 0 Å². The molecule has 0 amide bonds. The van der Waals surface area contributed by atoms with Gasteiger partial charge in [-0.2, -0.15) is 0 Å². The molecule has 82 valence electrons. The second-order valence-electron chi connectivity index (χ2n) is 3.70. The van der Waals surface area contributed by atoms with Crippen molar-refractivity contribution in [2.24, 2.45) is 0 Å². The molecule has 0 aliphatic carbocycles. The minimum Gasteiger partial charge on any atom is -0.300 e. The van der Waals surface area contributed by atoms with Crippen LogP contribution in [0.4, 0.5) is 0 Å². The van der Waals surface area contributed by atoms with E-state index in [9.17, 15) is 4.79 Å². The zero-order valence-electron chi connectivity index (χ0n) is 8.95. The highest BCUT2D eigenvalue weighted by Crippen LogP contribution is 2.18. The van der Waals surface area contributed by atoms with E-state index in [1.54, 1.807) is 30.7 Å². The average molecular weight is 223 g/mol. The van der Waals surface area contributed by atoms with Crippen LogP contribution in [0.2, 0.25) is 0 Å². The molecule has 3 rings (SSSR count). The number of pyridine rings is 2. The largest absolute Gasteiger partial charge is 0.300 e. The highest BCUT2D eigenvalue weighted by molar-refractivity contribution is 5.78. The molecule has 4 heteroatoms. The molecule has 3 heterocycles. The normalized spacial score (nSPS) is 10.6. The van der Waals surface area contributed by atoms with Gasteiger partial charge in [-0.15, -0.1) is 0 Å². The number of aldehydes is 1. The van der Waals surface area contributed by atoms with Crippen LogP contribution in [0.25, 0.3) is 16.9 Å². The van der Waals surface area contributed by atoms with Crippen LogP contribution in [0.3, 0.4) is 0 Å². The molecular formula is C13H9N3O. The molecule has 0 spiro atoms. The highest BCUT2D eigenvalue weighted by Gasteiger charge is 2.06. The minimum atomic E-state index is 0.648. The van der Waals surface area contributed by atoms with Crippen molar-refractivity contribution in [1.29, 1.82) is 0 Å².